The van der Waals surface area contributed by atoms with Crippen molar-refractivity contribution in [3.63, 3.8) is 0 Å². The van der Waals surface area contributed by atoms with Crippen molar-refractivity contribution >= 4 is 35.8 Å². The summed E-state index contributed by atoms with van der Waals surface area (Å²) in [6, 6.07) is 2.53. The third kappa shape index (κ3) is 3.59. The van der Waals surface area contributed by atoms with Gasteiger partial charge in [-0.2, -0.15) is 0 Å². The van der Waals surface area contributed by atoms with Gasteiger partial charge in [0, 0.05) is 0 Å². The molecular weight excluding hydrogens is 343 g/mol. The van der Waals surface area contributed by atoms with Crippen molar-refractivity contribution in [3.8, 4) is 5.75 Å². The van der Waals surface area contributed by atoms with Crippen molar-refractivity contribution in [1.82, 2.24) is 0 Å². The van der Waals surface area contributed by atoms with E-state index >= 15 is 0 Å². The molecule has 116 valence electrons. The fourth-order valence-corrected chi connectivity index (χ4v) is 3.57. The number of phenolic OH excluding ortho intramolecular Hbond substituents is 1. The van der Waals surface area contributed by atoms with Gasteiger partial charge >= 0.3 is 124 Å². The first-order valence-electron chi connectivity index (χ1n) is 6.33. The second-order valence-corrected chi connectivity index (χ2v) is 7.95. The first kappa shape index (κ1) is 15.9. The zero-order valence-electron chi connectivity index (χ0n) is 11.4. The van der Waals surface area contributed by atoms with Crippen LogP contribution in [-0.4, -0.2) is 59.7 Å². The zero-order valence-corrected chi connectivity index (χ0v) is 13.3. The zero-order chi connectivity index (χ0) is 15.6. The summed E-state index contributed by atoms with van der Waals surface area (Å²) >= 11 is -5.26. The maximum absolute atomic E-state index is 11.5. The van der Waals surface area contributed by atoms with E-state index in [1.807, 2.05) is 0 Å². The molecule has 2 rings (SSSR count). The van der Waals surface area contributed by atoms with Crippen molar-refractivity contribution in [3.05, 3.63) is 12.1 Å². The average molecular weight is 360 g/mol. The number of nitrogens with zero attached hydrogens (tertiary/aromatic N) is 1. The SMILES string of the molecule is CC(=O)Nc1ccc([As](=O)(O)O)c(O)c1N1CCOCC1. The van der Waals surface area contributed by atoms with Crippen molar-refractivity contribution < 1.29 is 26.6 Å². The number of benzene rings is 1. The monoisotopic (exact) mass is 360 g/mol. The van der Waals surface area contributed by atoms with E-state index in [0.717, 1.165) is 6.07 Å². The number of rotatable bonds is 3. The summed E-state index contributed by atoms with van der Waals surface area (Å²) in [5.74, 6) is -0.825. The molecule has 1 saturated heterocycles. The van der Waals surface area contributed by atoms with E-state index in [2.05, 4.69) is 5.32 Å². The number of morpholine rings is 1. The molecule has 0 bridgehead atoms. The van der Waals surface area contributed by atoms with Crippen molar-refractivity contribution in [2.45, 2.75) is 6.92 Å². The Labute approximate surface area is 124 Å². The molecule has 0 aromatic heterocycles. The number of nitrogens with one attached hydrogen (secondary N) is 1. The number of carbonyl (C=O) groups excluding carboxylic acids is 1. The van der Waals surface area contributed by atoms with Crippen LogP contribution in [0.4, 0.5) is 11.4 Å². The van der Waals surface area contributed by atoms with Gasteiger partial charge in [-0.15, -0.1) is 0 Å². The summed E-state index contributed by atoms with van der Waals surface area (Å²) in [6.07, 6.45) is 0. The summed E-state index contributed by atoms with van der Waals surface area (Å²) in [7, 11) is 0. The molecule has 8 nitrogen and oxygen atoms in total. The van der Waals surface area contributed by atoms with Crippen LogP contribution in [0.25, 0.3) is 0 Å². The molecule has 1 aromatic carbocycles. The van der Waals surface area contributed by atoms with E-state index in [0.29, 0.717) is 32.0 Å². The first-order valence-corrected chi connectivity index (χ1v) is 9.71. The third-order valence-electron chi connectivity index (χ3n) is 3.08. The molecular formula is C12H17AsN2O6. The number of hydrogen-bond acceptors (Lipinski definition) is 5. The standard InChI is InChI=1S/C12H17AsN2O6/c1-8(16)14-10-3-2-9(13(18,19)20)12(17)11(10)15-4-6-21-7-5-15/h2-3,17H,4-7H2,1H3,(H,14,16)(H2,18,19,20). The molecule has 0 atom stereocenters. The molecule has 0 saturated carbocycles. The maximum atomic E-state index is 11.5. The summed E-state index contributed by atoms with van der Waals surface area (Å²) in [6.45, 7) is 3.10. The molecule has 0 radical (unpaired) electrons. The predicted octanol–water partition coefficient (Wildman–Crippen LogP) is -1.25. The minimum absolute atomic E-state index is 0.218. The van der Waals surface area contributed by atoms with Crippen LogP contribution in [0.3, 0.4) is 0 Å². The Balaban J connectivity index is 2.54. The third-order valence-corrected chi connectivity index (χ3v) is 5.16. The van der Waals surface area contributed by atoms with Gasteiger partial charge in [-0.25, -0.2) is 0 Å². The van der Waals surface area contributed by atoms with Crippen molar-refractivity contribution in [2.75, 3.05) is 36.5 Å². The van der Waals surface area contributed by atoms with Crippen LogP contribution in [0, 0.1) is 0 Å². The normalized spacial score (nSPS) is 15.9. The van der Waals surface area contributed by atoms with Gasteiger partial charge < -0.3 is 0 Å². The molecule has 0 spiro atoms. The van der Waals surface area contributed by atoms with Gasteiger partial charge in [-0.05, 0) is 0 Å². The number of ether oxygens (including phenoxy) is 1. The van der Waals surface area contributed by atoms with Gasteiger partial charge in [-0.3, -0.25) is 0 Å². The van der Waals surface area contributed by atoms with Crippen LogP contribution in [0.2, 0.25) is 0 Å². The van der Waals surface area contributed by atoms with Crippen LogP contribution in [-0.2, 0) is 13.3 Å². The number of anilines is 2. The summed E-state index contributed by atoms with van der Waals surface area (Å²) < 4.78 is 35.0. The summed E-state index contributed by atoms with van der Waals surface area (Å²) in [5, 5.41) is 12.8. The van der Waals surface area contributed by atoms with Crippen LogP contribution >= 0.6 is 0 Å². The molecule has 1 aliphatic heterocycles. The van der Waals surface area contributed by atoms with Crippen LogP contribution < -0.4 is 14.6 Å². The topological polar surface area (TPSA) is 119 Å². The Hall–Kier alpha value is -1.47. The number of aromatic hydroxyl groups is 1. The number of hydrogen-bond donors (Lipinski definition) is 4. The van der Waals surface area contributed by atoms with E-state index < -0.39 is 24.3 Å². The van der Waals surface area contributed by atoms with Crippen LogP contribution in [0.1, 0.15) is 6.92 Å². The molecule has 0 unspecified atom stereocenters. The van der Waals surface area contributed by atoms with Gasteiger partial charge in [0.25, 0.3) is 0 Å². The van der Waals surface area contributed by atoms with Crippen LogP contribution in [0.15, 0.2) is 12.1 Å². The van der Waals surface area contributed by atoms with Crippen molar-refractivity contribution in [2.24, 2.45) is 0 Å². The Morgan fingerprint density at radius 1 is 1.33 bits per heavy atom. The Morgan fingerprint density at radius 2 is 1.95 bits per heavy atom. The predicted molar refractivity (Wildman–Crippen MR) is 76.0 cm³/mol. The van der Waals surface area contributed by atoms with E-state index in [1.165, 1.54) is 13.0 Å². The molecule has 4 N–H and O–H groups in total. The van der Waals surface area contributed by atoms with Gasteiger partial charge in [0.05, 0.1) is 0 Å². The number of amides is 1. The number of phenols is 1. The van der Waals surface area contributed by atoms with Crippen molar-refractivity contribution in [1.29, 1.82) is 0 Å². The molecule has 1 fully saturated rings. The Morgan fingerprint density at radius 3 is 2.48 bits per heavy atom. The Bertz CT molecular complexity index is 594. The molecule has 1 amide bonds. The van der Waals surface area contributed by atoms with E-state index in [4.69, 9.17) is 4.74 Å². The minimum atomic E-state index is -5.26. The van der Waals surface area contributed by atoms with E-state index in [-0.39, 0.29) is 11.6 Å². The van der Waals surface area contributed by atoms with Crippen LogP contribution in [0.5, 0.6) is 5.75 Å². The average Bonchev–Trinajstić information content (AvgIpc) is 2.37. The molecule has 9 heteroatoms. The Kier molecular flexibility index (Phi) is 4.63. The first-order chi connectivity index (χ1) is 9.80. The molecule has 1 heterocycles. The fraction of sp³-hybridized carbons (Fsp3) is 0.417. The fourth-order valence-electron chi connectivity index (χ4n) is 2.20. The van der Waals surface area contributed by atoms with E-state index in [1.54, 1.807) is 4.90 Å². The second kappa shape index (κ2) is 6.11. The molecule has 1 aromatic rings. The van der Waals surface area contributed by atoms with Gasteiger partial charge in [0.1, 0.15) is 0 Å². The van der Waals surface area contributed by atoms with E-state index in [9.17, 15) is 21.8 Å². The quantitative estimate of drug-likeness (QED) is 0.497. The number of carbonyl (C=O) groups is 1. The molecule has 0 aliphatic carbocycles. The molecule has 1 aliphatic rings. The molecule has 21 heavy (non-hydrogen) atoms. The van der Waals surface area contributed by atoms with Gasteiger partial charge in [0.15, 0.2) is 0 Å². The van der Waals surface area contributed by atoms with Gasteiger partial charge in [-0.1, -0.05) is 0 Å². The second-order valence-electron chi connectivity index (χ2n) is 4.65. The summed E-state index contributed by atoms with van der Waals surface area (Å²) in [5.41, 5.74) is 0.533. The van der Waals surface area contributed by atoms with Gasteiger partial charge in [0.2, 0.25) is 0 Å². The summed E-state index contributed by atoms with van der Waals surface area (Å²) in [4.78, 5) is 13.0.